The predicted octanol–water partition coefficient (Wildman–Crippen LogP) is 0.0189. The van der Waals surface area contributed by atoms with Crippen LogP contribution in [0, 0.1) is 5.92 Å². The minimum absolute atomic E-state index is 0.0984. The molecule has 2 rings (SSSR count). The van der Waals surface area contributed by atoms with Crippen molar-refractivity contribution in [2.24, 2.45) is 11.7 Å². The first-order valence-electron chi connectivity index (χ1n) is 5.32. The lowest BCUT2D eigenvalue weighted by atomic mass is 9.91. The maximum Gasteiger partial charge on any atom is 0.240 e. The first-order valence-corrected chi connectivity index (χ1v) is 5.32. The van der Waals surface area contributed by atoms with Gasteiger partial charge in [0.05, 0.1) is 6.10 Å². The molecule has 1 saturated carbocycles. The van der Waals surface area contributed by atoms with Gasteiger partial charge in [-0.15, -0.1) is 0 Å². The second-order valence-corrected chi connectivity index (χ2v) is 4.42. The summed E-state index contributed by atoms with van der Waals surface area (Å²) < 4.78 is 5.42. The molecule has 4 nitrogen and oxygen atoms in total. The standard InChI is InChI=1S/C10H18N2O2/c1-7-10(9(11)13,4-5-14-7)12-6-8-2-3-8/h7-8,12H,2-6H2,1H3,(H2,11,13). The van der Waals surface area contributed by atoms with Crippen LogP contribution >= 0.6 is 0 Å². The molecule has 80 valence electrons. The molecular weight excluding hydrogens is 180 g/mol. The lowest BCUT2D eigenvalue weighted by molar-refractivity contribution is -0.126. The fourth-order valence-electron chi connectivity index (χ4n) is 2.03. The summed E-state index contributed by atoms with van der Waals surface area (Å²) in [7, 11) is 0. The first-order chi connectivity index (χ1) is 6.65. The average Bonchev–Trinajstić information content (AvgIpc) is 2.88. The minimum atomic E-state index is -0.609. The predicted molar refractivity (Wildman–Crippen MR) is 52.7 cm³/mol. The Labute approximate surface area is 84.2 Å². The van der Waals surface area contributed by atoms with Crippen LogP contribution in [0.15, 0.2) is 0 Å². The van der Waals surface area contributed by atoms with Gasteiger partial charge in [-0.25, -0.2) is 0 Å². The first kappa shape index (κ1) is 9.93. The number of hydrogen-bond acceptors (Lipinski definition) is 3. The fraction of sp³-hybridized carbons (Fsp3) is 0.900. The molecule has 2 aliphatic rings. The Morgan fingerprint density at radius 3 is 2.79 bits per heavy atom. The fourth-order valence-corrected chi connectivity index (χ4v) is 2.03. The molecule has 1 aliphatic heterocycles. The van der Waals surface area contributed by atoms with Crippen molar-refractivity contribution in [3.8, 4) is 0 Å². The molecule has 0 spiro atoms. The molecule has 4 heteroatoms. The van der Waals surface area contributed by atoms with Crippen molar-refractivity contribution in [3.63, 3.8) is 0 Å². The summed E-state index contributed by atoms with van der Waals surface area (Å²) in [5.74, 6) is 0.474. The van der Waals surface area contributed by atoms with Crippen LogP contribution in [0.1, 0.15) is 26.2 Å². The molecule has 0 aromatic heterocycles. The number of amides is 1. The maximum atomic E-state index is 11.4. The highest BCUT2D eigenvalue weighted by Crippen LogP contribution is 2.31. The van der Waals surface area contributed by atoms with Crippen molar-refractivity contribution in [2.75, 3.05) is 13.2 Å². The molecule has 0 aromatic carbocycles. The van der Waals surface area contributed by atoms with E-state index in [-0.39, 0.29) is 12.0 Å². The van der Waals surface area contributed by atoms with Crippen LogP contribution in [0.5, 0.6) is 0 Å². The van der Waals surface area contributed by atoms with Crippen molar-refractivity contribution in [2.45, 2.75) is 37.8 Å². The molecule has 1 saturated heterocycles. The molecule has 3 N–H and O–H groups in total. The maximum absolute atomic E-state index is 11.4. The van der Waals surface area contributed by atoms with Crippen molar-refractivity contribution >= 4 is 5.91 Å². The van der Waals surface area contributed by atoms with Crippen LogP contribution in [-0.4, -0.2) is 30.7 Å². The third kappa shape index (κ3) is 1.64. The largest absolute Gasteiger partial charge is 0.376 e. The summed E-state index contributed by atoms with van der Waals surface area (Å²) in [6.45, 7) is 3.44. The highest BCUT2D eigenvalue weighted by Gasteiger charge is 2.47. The Kier molecular flexibility index (Phi) is 2.49. The average molecular weight is 198 g/mol. The quantitative estimate of drug-likeness (QED) is 0.669. The third-order valence-electron chi connectivity index (χ3n) is 3.40. The van der Waals surface area contributed by atoms with E-state index in [0.717, 1.165) is 12.5 Å². The molecule has 14 heavy (non-hydrogen) atoms. The van der Waals surface area contributed by atoms with Gasteiger partial charge in [0.1, 0.15) is 5.54 Å². The molecule has 0 bridgehead atoms. The third-order valence-corrected chi connectivity index (χ3v) is 3.40. The summed E-state index contributed by atoms with van der Waals surface area (Å²) >= 11 is 0. The number of carbonyl (C=O) groups excluding carboxylic acids is 1. The van der Waals surface area contributed by atoms with E-state index in [1.807, 2.05) is 6.92 Å². The van der Waals surface area contributed by atoms with Crippen LogP contribution < -0.4 is 11.1 Å². The summed E-state index contributed by atoms with van der Waals surface area (Å²) in [4.78, 5) is 11.4. The molecule has 2 unspecified atom stereocenters. The Morgan fingerprint density at radius 2 is 2.36 bits per heavy atom. The van der Waals surface area contributed by atoms with Gasteiger partial charge in [-0.1, -0.05) is 0 Å². The molecule has 0 radical (unpaired) electrons. The van der Waals surface area contributed by atoms with Gasteiger partial charge in [-0.3, -0.25) is 4.79 Å². The summed E-state index contributed by atoms with van der Waals surface area (Å²) in [6.07, 6.45) is 3.16. The van der Waals surface area contributed by atoms with Crippen molar-refractivity contribution < 1.29 is 9.53 Å². The molecule has 1 heterocycles. The number of nitrogens with one attached hydrogen (secondary N) is 1. The van der Waals surface area contributed by atoms with E-state index in [4.69, 9.17) is 10.5 Å². The summed E-state index contributed by atoms with van der Waals surface area (Å²) in [5.41, 5.74) is 4.84. The molecule has 2 atom stereocenters. The van der Waals surface area contributed by atoms with Crippen LogP contribution in [-0.2, 0) is 9.53 Å². The zero-order valence-corrected chi connectivity index (χ0v) is 8.58. The SMILES string of the molecule is CC1OCCC1(NCC1CC1)C(N)=O. The number of carbonyl (C=O) groups is 1. The molecule has 1 aliphatic carbocycles. The highest BCUT2D eigenvalue weighted by molar-refractivity contribution is 5.85. The number of nitrogens with two attached hydrogens (primary N) is 1. The lowest BCUT2D eigenvalue weighted by Crippen LogP contribution is -2.60. The van der Waals surface area contributed by atoms with Crippen LogP contribution in [0.4, 0.5) is 0 Å². The van der Waals surface area contributed by atoms with Gasteiger partial charge >= 0.3 is 0 Å². The molecule has 1 amide bonds. The van der Waals surface area contributed by atoms with Gasteiger partial charge in [0.2, 0.25) is 5.91 Å². The highest BCUT2D eigenvalue weighted by atomic mass is 16.5. The van der Waals surface area contributed by atoms with E-state index in [0.29, 0.717) is 13.0 Å². The van der Waals surface area contributed by atoms with Crippen molar-refractivity contribution in [3.05, 3.63) is 0 Å². The van der Waals surface area contributed by atoms with Gasteiger partial charge in [-0.2, -0.15) is 0 Å². The van der Waals surface area contributed by atoms with Crippen LogP contribution in [0.2, 0.25) is 0 Å². The second kappa shape index (κ2) is 3.51. The second-order valence-electron chi connectivity index (χ2n) is 4.42. The lowest BCUT2D eigenvalue weighted by Gasteiger charge is -2.30. The van der Waals surface area contributed by atoms with E-state index in [9.17, 15) is 4.79 Å². The topological polar surface area (TPSA) is 64.3 Å². The van der Waals surface area contributed by atoms with Crippen LogP contribution in [0.3, 0.4) is 0 Å². The Hall–Kier alpha value is -0.610. The zero-order valence-electron chi connectivity index (χ0n) is 8.58. The Morgan fingerprint density at radius 1 is 1.64 bits per heavy atom. The monoisotopic (exact) mass is 198 g/mol. The number of ether oxygens (including phenoxy) is 1. The van der Waals surface area contributed by atoms with Gasteiger partial charge in [0.25, 0.3) is 0 Å². The summed E-state index contributed by atoms with van der Waals surface area (Å²) in [6, 6.07) is 0. The van der Waals surface area contributed by atoms with Crippen LogP contribution in [0.25, 0.3) is 0 Å². The number of primary amides is 1. The van der Waals surface area contributed by atoms with E-state index in [1.165, 1.54) is 12.8 Å². The van der Waals surface area contributed by atoms with E-state index >= 15 is 0 Å². The van der Waals surface area contributed by atoms with Gasteiger partial charge in [0, 0.05) is 13.0 Å². The van der Waals surface area contributed by atoms with Gasteiger partial charge in [0.15, 0.2) is 0 Å². The molecular formula is C10H18N2O2. The summed E-state index contributed by atoms with van der Waals surface area (Å²) in [5, 5.41) is 3.31. The Balaban J connectivity index is 2.00. The number of hydrogen-bond donors (Lipinski definition) is 2. The van der Waals surface area contributed by atoms with Gasteiger partial charge < -0.3 is 15.8 Å². The normalized spacial score (nSPS) is 37.4. The van der Waals surface area contributed by atoms with E-state index < -0.39 is 5.54 Å². The van der Waals surface area contributed by atoms with E-state index in [2.05, 4.69) is 5.32 Å². The number of rotatable bonds is 4. The smallest absolute Gasteiger partial charge is 0.240 e. The van der Waals surface area contributed by atoms with E-state index in [1.54, 1.807) is 0 Å². The Bertz CT molecular complexity index is 240. The molecule has 2 fully saturated rings. The zero-order chi connectivity index (χ0) is 10.2. The van der Waals surface area contributed by atoms with Crippen molar-refractivity contribution in [1.29, 1.82) is 0 Å². The molecule has 0 aromatic rings. The van der Waals surface area contributed by atoms with Crippen molar-refractivity contribution in [1.82, 2.24) is 5.32 Å². The van der Waals surface area contributed by atoms with Gasteiger partial charge in [-0.05, 0) is 32.2 Å². The minimum Gasteiger partial charge on any atom is -0.376 e.